The number of benzene rings is 1. The summed E-state index contributed by atoms with van der Waals surface area (Å²) in [5.74, 6) is 0. The van der Waals surface area contributed by atoms with Crippen LogP contribution in [-0.2, 0) is 0 Å². The van der Waals surface area contributed by atoms with Crippen LogP contribution in [-0.4, -0.2) is 14.4 Å². The molecular formula is C17H13N3S. The van der Waals surface area contributed by atoms with Gasteiger partial charge >= 0.3 is 0 Å². The van der Waals surface area contributed by atoms with Crippen LogP contribution in [0.1, 0.15) is 16.4 Å². The van der Waals surface area contributed by atoms with E-state index in [4.69, 9.17) is 0 Å². The van der Waals surface area contributed by atoms with Crippen LogP contribution in [0.5, 0.6) is 0 Å². The summed E-state index contributed by atoms with van der Waals surface area (Å²) < 4.78 is 3.31. The van der Waals surface area contributed by atoms with Crippen LogP contribution in [0.25, 0.3) is 28.0 Å². The van der Waals surface area contributed by atoms with E-state index in [9.17, 15) is 0 Å². The molecule has 3 nitrogen and oxygen atoms in total. The van der Waals surface area contributed by atoms with Crippen molar-refractivity contribution >= 4 is 39.4 Å². The molecule has 4 rings (SSSR count). The molecule has 102 valence electrons. The van der Waals surface area contributed by atoms with Gasteiger partial charge in [0.1, 0.15) is 10.7 Å². The Morgan fingerprint density at radius 1 is 1.00 bits per heavy atom. The summed E-state index contributed by atoms with van der Waals surface area (Å²) >= 11 is 1.70. The van der Waals surface area contributed by atoms with Crippen molar-refractivity contribution in [3.05, 3.63) is 65.1 Å². The van der Waals surface area contributed by atoms with E-state index < -0.39 is 0 Å². The molecule has 4 heteroatoms. The van der Waals surface area contributed by atoms with E-state index in [-0.39, 0.29) is 0 Å². The molecule has 0 aliphatic heterocycles. The van der Waals surface area contributed by atoms with Crippen molar-refractivity contribution in [3.63, 3.8) is 0 Å². The fraction of sp³-hybridized carbons (Fsp3) is 0.0588. The summed E-state index contributed by atoms with van der Waals surface area (Å²) in [6, 6.07) is 14.2. The molecule has 0 atom stereocenters. The number of fused-ring (bicyclic) bond motifs is 2. The molecule has 3 heterocycles. The smallest absolute Gasteiger partial charge is 0.137 e. The number of imidazole rings is 1. The summed E-state index contributed by atoms with van der Waals surface area (Å²) in [6.45, 7) is 2.03. The van der Waals surface area contributed by atoms with E-state index in [0.29, 0.717) is 0 Å². The molecule has 0 spiro atoms. The first-order valence-electron chi connectivity index (χ1n) is 6.78. The van der Waals surface area contributed by atoms with E-state index >= 15 is 0 Å². The standard InChI is InChI=1S/C17H13N3S/c1-12-14(20-11-5-4-8-16(20)18-12)9-10-17-19-13-6-2-3-7-15(13)21-17/h2-11H,1H3/b10-9+. The van der Waals surface area contributed by atoms with Gasteiger partial charge in [0.25, 0.3) is 0 Å². The van der Waals surface area contributed by atoms with Crippen LogP contribution in [0.4, 0.5) is 0 Å². The third-order valence-electron chi connectivity index (χ3n) is 3.45. The zero-order valence-corrected chi connectivity index (χ0v) is 12.3. The summed E-state index contributed by atoms with van der Waals surface area (Å²) in [4.78, 5) is 9.19. The number of hydrogen-bond donors (Lipinski definition) is 0. The van der Waals surface area contributed by atoms with Gasteiger partial charge in [-0.3, -0.25) is 0 Å². The molecule has 0 saturated carbocycles. The third-order valence-corrected chi connectivity index (χ3v) is 4.45. The minimum atomic E-state index is 0.971. The second-order valence-electron chi connectivity index (χ2n) is 4.86. The molecule has 0 fully saturated rings. The quantitative estimate of drug-likeness (QED) is 0.547. The first kappa shape index (κ1) is 12.3. The maximum absolute atomic E-state index is 4.62. The van der Waals surface area contributed by atoms with E-state index in [1.807, 2.05) is 49.5 Å². The minimum Gasteiger partial charge on any atom is -0.300 e. The van der Waals surface area contributed by atoms with E-state index in [1.54, 1.807) is 11.3 Å². The highest BCUT2D eigenvalue weighted by molar-refractivity contribution is 7.19. The van der Waals surface area contributed by atoms with Gasteiger partial charge in [0.15, 0.2) is 0 Å². The van der Waals surface area contributed by atoms with Gasteiger partial charge in [0, 0.05) is 6.20 Å². The van der Waals surface area contributed by atoms with Crippen LogP contribution in [0.2, 0.25) is 0 Å². The molecule has 21 heavy (non-hydrogen) atoms. The second-order valence-corrected chi connectivity index (χ2v) is 5.93. The summed E-state index contributed by atoms with van der Waals surface area (Å²) in [5.41, 5.74) is 4.15. The van der Waals surface area contributed by atoms with Gasteiger partial charge in [0.2, 0.25) is 0 Å². The number of nitrogens with zero attached hydrogens (tertiary/aromatic N) is 3. The molecule has 0 aliphatic carbocycles. The summed E-state index contributed by atoms with van der Waals surface area (Å²) in [7, 11) is 0. The number of pyridine rings is 1. The Hall–Kier alpha value is -2.46. The van der Waals surface area contributed by atoms with Crippen molar-refractivity contribution in [1.82, 2.24) is 14.4 Å². The Morgan fingerprint density at radius 2 is 1.86 bits per heavy atom. The molecule has 0 aliphatic rings. The predicted octanol–water partition coefficient (Wildman–Crippen LogP) is 4.42. The second kappa shape index (κ2) is 4.82. The van der Waals surface area contributed by atoms with Gasteiger partial charge in [-0.25, -0.2) is 9.97 Å². The molecule has 1 aromatic carbocycles. The number of para-hydroxylation sites is 1. The van der Waals surface area contributed by atoms with E-state index in [1.165, 1.54) is 4.70 Å². The van der Waals surface area contributed by atoms with Gasteiger partial charge in [-0.1, -0.05) is 18.2 Å². The first-order valence-corrected chi connectivity index (χ1v) is 7.60. The van der Waals surface area contributed by atoms with Crippen LogP contribution < -0.4 is 0 Å². The Kier molecular flexibility index (Phi) is 2.82. The maximum atomic E-state index is 4.62. The normalized spacial score (nSPS) is 11.9. The zero-order valence-electron chi connectivity index (χ0n) is 11.5. The molecule has 0 amide bonds. The Morgan fingerprint density at radius 3 is 2.76 bits per heavy atom. The predicted molar refractivity (Wildman–Crippen MR) is 88.5 cm³/mol. The minimum absolute atomic E-state index is 0.971. The highest BCUT2D eigenvalue weighted by atomic mass is 32.1. The number of aryl methyl sites for hydroxylation is 1. The van der Waals surface area contributed by atoms with Crippen molar-refractivity contribution < 1.29 is 0 Å². The lowest BCUT2D eigenvalue weighted by molar-refractivity contribution is 1.16. The molecule has 3 aromatic heterocycles. The molecule has 0 bridgehead atoms. The number of rotatable bonds is 2. The average Bonchev–Trinajstić information content (AvgIpc) is 3.04. The monoisotopic (exact) mass is 291 g/mol. The fourth-order valence-electron chi connectivity index (χ4n) is 2.44. The van der Waals surface area contributed by atoms with Crippen molar-refractivity contribution in [1.29, 1.82) is 0 Å². The maximum Gasteiger partial charge on any atom is 0.137 e. The fourth-order valence-corrected chi connectivity index (χ4v) is 3.32. The topological polar surface area (TPSA) is 30.2 Å². The largest absolute Gasteiger partial charge is 0.300 e. The molecular weight excluding hydrogens is 278 g/mol. The van der Waals surface area contributed by atoms with Crippen LogP contribution in [0.3, 0.4) is 0 Å². The highest BCUT2D eigenvalue weighted by Crippen LogP contribution is 2.23. The Labute approximate surface area is 126 Å². The lowest BCUT2D eigenvalue weighted by atomic mass is 10.3. The van der Waals surface area contributed by atoms with Crippen LogP contribution >= 0.6 is 11.3 Å². The molecule has 0 saturated heterocycles. The van der Waals surface area contributed by atoms with Crippen molar-refractivity contribution in [2.45, 2.75) is 6.92 Å². The van der Waals surface area contributed by atoms with Crippen molar-refractivity contribution in [2.24, 2.45) is 0 Å². The Balaban J connectivity index is 1.78. The third kappa shape index (κ3) is 2.14. The average molecular weight is 291 g/mol. The Bertz CT molecular complexity index is 929. The first-order chi connectivity index (χ1) is 10.3. The van der Waals surface area contributed by atoms with Gasteiger partial charge in [-0.05, 0) is 43.3 Å². The van der Waals surface area contributed by atoms with Crippen molar-refractivity contribution in [2.75, 3.05) is 0 Å². The summed E-state index contributed by atoms with van der Waals surface area (Å²) in [5, 5.41) is 1.02. The van der Waals surface area contributed by atoms with E-state index in [2.05, 4.69) is 32.6 Å². The highest BCUT2D eigenvalue weighted by Gasteiger charge is 2.05. The van der Waals surface area contributed by atoms with Gasteiger partial charge < -0.3 is 4.40 Å². The van der Waals surface area contributed by atoms with Gasteiger partial charge in [-0.15, -0.1) is 11.3 Å². The summed E-state index contributed by atoms with van der Waals surface area (Å²) in [6.07, 6.45) is 6.19. The van der Waals surface area contributed by atoms with Crippen LogP contribution in [0.15, 0.2) is 48.7 Å². The molecule has 0 N–H and O–H groups in total. The zero-order chi connectivity index (χ0) is 14.2. The molecule has 0 unspecified atom stereocenters. The lowest BCUT2D eigenvalue weighted by Gasteiger charge is -1.95. The number of hydrogen-bond acceptors (Lipinski definition) is 3. The SMILES string of the molecule is Cc1nc2ccccn2c1/C=C/c1nc2ccccc2s1. The van der Waals surface area contributed by atoms with Crippen LogP contribution in [0, 0.1) is 6.92 Å². The van der Waals surface area contributed by atoms with Gasteiger partial charge in [0.05, 0.1) is 21.6 Å². The molecule has 0 radical (unpaired) electrons. The lowest BCUT2D eigenvalue weighted by Crippen LogP contribution is -1.86. The van der Waals surface area contributed by atoms with Gasteiger partial charge in [-0.2, -0.15) is 0 Å². The molecule has 4 aromatic rings. The van der Waals surface area contributed by atoms with E-state index in [0.717, 1.165) is 27.6 Å². The number of aromatic nitrogens is 3. The number of thiazole rings is 1. The van der Waals surface area contributed by atoms with Crippen molar-refractivity contribution in [3.8, 4) is 0 Å².